The van der Waals surface area contributed by atoms with Gasteiger partial charge < -0.3 is 36.4 Å². The van der Waals surface area contributed by atoms with Gasteiger partial charge in [0.1, 0.15) is 17.7 Å². The second kappa shape index (κ2) is 20.2. The Balaban J connectivity index is 3.12. The summed E-state index contributed by atoms with van der Waals surface area (Å²) in [5.74, 6) is -2.79. The normalized spacial score (nSPS) is 15.5. The van der Waals surface area contributed by atoms with E-state index in [0.717, 1.165) is 11.4 Å². The number of carbonyl (C=O) groups is 5. The van der Waals surface area contributed by atoms with Crippen molar-refractivity contribution < 1.29 is 33.8 Å². The van der Waals surface area contributed by atoms with Crippen LogP contribution in [-0.4, -0.2) is 87.5 Å². The minimum atomic E-state index is -1.20. The number of hydrogen-bond acceptors (Lipinski definition) is 8. The monoisotopic (exact) mass is 707 g/mol. The number of amides is 5. The molecule has 50 heavy (non-hydrogen) atoms. The van der Waals surface area contributed by atoms with Gasteiger partial charge >= 0.3 is 6.09 Å². The molecule has 1 rings (SSSR count). The molecule has 0 fully saturated rings. The van der Waals surface area contributed by atoms with Crippen molar-refractivity contribution in [1.82, 2.24) is 36.4 Å². The highest BCUT2D eigenvalue weighted by Crippen LogP contribution is 2.17. The molecule has 0 bridgehead atoms. The second-order valence-electron chi connectivity index (χ2n) is 15.8. The van der Waals surface area contributed by atoms with Gasteiger partial charge in [-0.1, -0.05) is 55.4 Å². The van der Waals surface area contributed by atoms with E-state index in [0.29, 0.717) is 13.0 Å². The highest BCUT2D eigenvalue weighted by atomic mass is 16.6. The van der Waals surface area contributed by atoms with Crippen molar-refractivity contribution in [2.24, 2.45) is 29.6 Å². The molecule has 1 heterocycles. The topological polar surface area (TPSA) is 193 Å². The van der Waals surface area contributed by atoms with Gasteiger partial charge in [-0.25, -0.2) is 4.79 Å². The smallest absolute Gasteiger partial charge is 0.407 e. The summed E-state index contributed by atoms with van der Waals surface area (Å²) < 4.78 is 7.05. The summed E-state index contributed by atoms with van der Waals surface area (Å²) in [7, 11) is 0. The molecule has 5 amide bonds. The van der Waals surface area contributed by atoms with E-state index >= 15 is 0 Å². The van der Waals surface area contributed by atoms with E-state index < -0.39 is 59.6 Å². The average Bonchev–Trinajstić information content (AvgIpc) is 3.29. The number of nitrogens with zero attached hydrogens (tertiary/aromatic N) is 2. The number of alkyl carbamates (subject to hydrolysis) is 1. The van der Waals surface area contributed by atoms with Crippen LogP contribution in [0.25, 0.3) is 0 Å². The van der Waals surface area contributed by atoms with Gasteiger partial charge in [0.05, 0.1) is 36.8 Å². The van der Waals surface area contributed by atoms with Crippen LogP contribution in [0.3, 0.4) is 0 Å². The number of aliphatic hydroxyl groups is 1. The molecule has 6 N–H and O–H groups in total. The number of carbonyl (C=O) groups excluding carboxylic acids is 5. The molecular weight excluding hydrogens is 642 g/mol. The molecule has 0 saturated carbocycles. The Bertz CT molecular complexity index is 1270. The SMILES string of the molecule is Cc1cc(C)n(C[C@H](C)C(=O)N[C@@H](CNC(=O)OC(C)(C)C)C(=O)N[C@@H](CC(C)C)[C@@H](O)C[C@@H](C)C(=O)N[C@H](C(=O)NCC(C)C)C(C)C)n1. The summed E-state index contributed by atoms with van der Waals surface area (Å²) in [6.45, 7) is 24.3. The lowest BCUT2D eigenvalue weighted by Crippen LogP contribution is -2.57. The molecule has 1 aromatic rings. The second-order valence-corrected chi connectivity index (χ2v) is 15.8. The van der Waals surface area contributed by atoms with Crippen LogP contribution >= 0.6 is 0 Å². The van der Waals surface area contributed by atoms with Crippen molar-refractivity contribution in [2.45, 2.75) is 139 Å². The molecule has 0 aromatic carbocycles. The number of aryl methyl sites for hydroxylation is 2. The predicted molar refractivity (Wildman–Crippen MR) is 193 cm³/mol. The van der Waals surface area contributed by atoms with Gasteiger partial charge in [0.25, 0.3) is 0 Å². The highest BCUT2D eigenvalue weighted by molar-refractivity contribution is 5.90. The van der Waals surface area contributed by atoms with Crippen molar-refractivity contribution in [3.05, 3.63) is 17.5 Å². The minimum Gasteiger partial charge on any atom is -0.444 e. The van der Waals surface area contributed by atoms with Crippen molar-refractivity contribution >= 4 is 29.7 Å². The maximum atomic E-state index is 13.8. The third-order valence-electron chi connectivity index (χ3n) is 7.97. The molecule has 6 atom stereocenters. The minimum absolute atomic E-state index is 0.00872. The van der Waals surface area contributed by atoms with Crippen LogP contribution in [0.1, 0.15) is 100 Å². The molecule has 0 unspecified atom stereocenters. The van der Waals surface area contributed by atoms with Crippen LogP contribution in [0.4, 0.5) is 4.79 Å². The summed E-state index contributed by atoms with van der Waals surface area (Å²) in [5, 5.41) is 29.6. The molecule has 0 aliphatic rings. The standard InChI is InChI=1S/C36H65N7O7/c1-20(2)14-27(29(44)15-23(7)31(45)41-30(22(5)6)34(48)37-17-21(3)4)39-33(47)28(18-38-35(49)50-36(11,12)13)40-32(46)24(8)19-43-26(10)16-25(9)42-43/h16,20-24,27-30,44H,14-15,17-19H2,1-13H3,(H,37,48)(H,38,49)(H,39,47)(H,40,46)(H,41,45)/t23-,24+,27+,28+,29+,30+/m1/s1. The summed E-state index contributed by atoms with van der Waals surface area (Å²) in [6.07, 6.45) is -1.50. The van der Waals surface area contributed by atoms with Gasteiger partial charge in [0.2, 0.25) is 23.6 Å². The van der Waals surface area contributed by atoms with Gasteiger partial charge in [-0.3, -0.25) is 23.9 Å². The maximum Gasteiger partial charge on any atom is 0.407 e. The van der Waals surface area contributed by atoms with E-state index in [4.69, 9.17) is 4.74 Å². The number of ether oxygens (including phenoxy) is 1. The number of rotatable bonds is 19. The Morgan fingerprint density at radius 3 is 1.88 bits per heavy atom. The van der Waals surface area contributed by atoms with Crippen LogP contribution in [0.2, 0.25) is 0 Å². The highest BCUT2D eigenvalue weighted by Gasteiger charge is 2.32. The molecule has 14 heteroatoms. The zero-order chi connectivity index (χ0) is 38.5. The largest absolute Gasteiger partial charge is 0.444 e. The van der Waals surface area contributed by atoms with Crippen LogP contribution in [0.5, 0.6) is 0 Å². The lowest BCUT2D eigenvalue weighted by molar-refractivity contribution is -0.133. The van der Waals surface area contributed by atoms with Crippen LogP contribution in [-0.2, 0) is 30.5 Å². The Morgan fingerprint density at radius 2 is 1.38 bits per heavy atom. The number of aliphatic hydroxyl groups excluding tert-OH is 1. The van der Waals surface area contributed by atoms with Crippen molar-refractivity contribution in [2.75, 3.05) is 13.1 Å². The zero-order valence-electron chi connectivity index (χ0n) is 32.6. The van der Waals surface area contributed by atoms with E-state index in [1.165, 1.54) is 0 Å². The molecule has 0 aliphatic heterocycles. The fraction of sp³-hybridized carbons (Fsp3) is 0.778. The number of hydrogen-bond donors (Lipinski definition) is 6. The van der Waals surface area contributed by atoms with Gasteiger partial charge in [-0.05, 0) is 71.3 Å². The summed E-state index contributed by atoms with van der Waals surface area (Å²) in [6, 6.07) is -0.806. The summed E-state index contributed by atoms with van der Waals surface area (Å²) in [4.78, 5) is 65.6. The van der Waals surface area contributed by atoms with E-state index in [1.807, 2.05) is 61.5 Å². The average molecular weight is 708 g/mol. The van der Waals surface area contributed by atoms with Crippen molar-refractivity contribution in [1.29, 1.82) is 0 Å². The van der Waals surface area contributed by atoms with Crippen molar-refractivity contribution in [3.8, 4) is 0 Å². The molecule has 0 aliphatic carbocycles. The van der Waals surface area contributed by atoms with Crippen LogP contribution < -0.4 is 26.6 Å². The fourth-order valence-corrected chi connectivity index (χ4v) is 5.21. The fourth-order valence-electron chi connectivity index (χ4n) is 5.21. The van der Waals surface area contributed by atoms with E-state index in [2.05, 4.69) is 31.7 Å². The third-order valence-corrected chi connectivity index (χ3v) is 7.97. The molecule has 14 nitrogen and oxygen atoms in total. The molecule has 0 spiro atoms. The van der Waals surface area contributed by atoms with Gasteiger partial charge in [0.15, 0.2) is 0 Å². The zero-order valence-corrected chi connectivity index (χ0v) is 32.6. The number of nitrogens with one attached hydrogen (secondary N) is 5. The van der Waals surface area contributed by atoms with E-state index in [9.17, 15) is 29.1 Å². The first kappa shape index (κ1) is 44.3. The molecular formula is C36H65N7O7. The van der Waals surface area contributed by atoms with Gasteiger partial charge in [-0.15, -0.1) is 0 Å². The van der Waals surface area contributed by atoms with Crippen LogP contribution in [0.15, 0.2) is 6.07 Å². The Morgan fingerprint density at radius 1 is 0.780 bits per heavy atom. The third kappa shape index (κ3) is 16.4. The van der Waals surface area contributed by atoms with Crippen LogP contribution in [0, 0.1) is 43.4 Å². The Kier molecular flexibility index (Phi) is 17.9. The summed E-state index contributed by atoms with van der Waals surface area (Å²) in [5.41, 5.74) is 0.940. The molecule has 0 saturated heterocycles. The van der Waals surface area contributed by atoms with E-state index in [-0.39, 0.29) is 49.1 Å². The molecule has 286 valence electrons. The first-order valence-electron chi connectivity index (χ1n) is 17.8. The van der Waals surface area contributed by atoms with Gasteiger partial charge in [-0.2, -0.15) is 5.10 Å². The first-order valence-corrected chi connectivity index (χ1v) is 17.8. The Labute approximate surface area is 299 Å². The molecule has 1 aromatic heterocycles. The lowest BCUT2D eigenvalue weighted by Gasteiger charge is -2.30. The number of aromatic nitrogens is 2. The summed E-state index contributed by atoms with van der Waals surface area (Å²) >= 11 is 0. The van der Waals surface area contributed by atoms with Crippen molar-refractivity contribution in [3.63, 3.8) is 0 Å². The first-order chi connectivity index (χ1) is 23.0. The maximum absolute atomic E-state index is 13.8. The van der Waals surface area contributed by atoms with Gasteiger partial charge in [0, 0.05) is 18.2 Å². The quantitative estimate of drug-likeness (QED) is 0.126. The van der Waals surface area contributed by atoms with E-state index in [1.54, 1.807) is 39.3 Å². The molecule has 0 radical (unpaired) electrons. The Hall–Kier alpha value is -3.68. The predicted octanol–water partition coefficient (Wildman–Crippen LogP) is 2.98. The lowest BCUT2D eigenvalue weighted by atomic mass is 9.91.